The van der Waals surface area contributed by atoms with Crippen LogP contribution in [0.15, 0.2) is 24.3 Å². The third-order valence-electron chi connectivity index (χ3n) is 4.60. The zero-order valence-electron chi connectivity index (χ0n) is 14.1. The number of nitrogens with zero attached hydrogens (tertiary/aromatic N) is 2. The number of hydrogen-bond acceptors (Lipinski definition) is 3. The molecule has 1 spiro atoms. The number of carbonyl (C=O) groups excluding carboxylic acids is 1. The van der Waals surface area contributed by atoms with Gasteiger partial charge < -0.3 is 14.5 Å². The van der Waals surface area contributed by atoms with E-state index in [0.29, 0.717) is 0 Å². The van der Waals surface area contributed by atoms with Crippen molar-refractivity contribution in [1.82, 2.24) is 4.90 Å². The average molecular weight is 302 g/mol. The van der Waals surface area contributed by atoms with Crippen LogP contribution >= 0.6 is 0 Å². The second-order valence-electron chi connectivity index (χ2n) is 7.79. The normalized spacial score (nSPS) is 20.2. The lowest BCUT2D eigenvalue weighted by atomic mass is 9.79. The number of anilines is 1. The van der Waals surface area contributed by atoms with Crippen LogP contribution in [0.4, 0.5) is 10.5 Å². The minimum Gasteiger partial charge on any atom is -0.444 e. The Morgan fingerprint density at radius 3 is 2.50 bits per heavy atom. The molecular formula is C18H26N2O2. The molecule has 0 bridgehead atoms. The van der Waals surface area contributed by atoms with E-state index in [1.807, 2.05) is 25.7 Å². The Kier molecular flexibility index (Phi) is 3.58. The first-order valence-corrected chi connectivity index (χ1v) is 8.07. The number of likely N-dealkylation sites (tertiary alicyclic amines) is 1. The fourth-order valence-electron chi connectivity index (χ4n) is 3.54. The Balaban J connectivity index is 1.59. The van der Waals surface area contributed by atoms with Crippen LogP contribution < -0.4 is 4.90 Å². The quantitative estimate of drug-likeness (QED) is 0.796. The summed E-state index contributed by atoms with van der Waals surface area (Å²) in [6.07, 6.45) is 0.980. The summed E-state index contributed by atoms with van der Waals surface area (Å²) in [4.78, 5) is 16.4. The van der Waals surface area contributed by atoms with Gasteiger partial charge in [0.15, 0.2) is 0 Å². The highest BCUT2D eigenvalue weighted by atomic mass is 16.6. The van der Waals surface area contributed by atoms with E-state index in [9.17, 15) is 4.79 Å². The summed E-state index contributed by atoms with van der Waals surface area (Å²) in [5.41, 5.74) is 2.50. The molecule has 0 unspecified atom stereocenters. The number of aryl methyl sites for hydroxylation is 1. The van der Waals surface area contributed by atoms with Gasteiger partial charge in [0.2, 0.25) is 0 Å². The summed E-state index contributed by atoms with van der Waals surface area (Å²) in [6.45, 7) is 11.7. The van der Waals surface area contributed by atoms with Gasteiger partial charge in [0.25, 0.3) is 0 Å². The van der Waals surface area contributed by atoms with Crippen molar-refractivity contribution in [2.24, 2.45) is 5.41 Å². The minimum absolute atomic E-state index is 0.174. The van der Waals surface area contributed by atoms with Crippen LogP contribution in [0.5, 0.6) is 0 Å². The van der Waals surface area contributed by atoms with E-state index in [1.54, 1.807) is 0 Å². The summed E-state index contributed by atoms with van der Waals surface area (Å²) in [5.74, 6) is 0. The molecule has 0 aromatic heterocycles. The van der Waals surface area contributed by atoms with Gasteiger partial charge in [-0.1, -0.05) is 18.2 Å². The minimum atomic E-state index is -0.414. The molecule has 1 aromatic carbocycles. The van der Waals surface area contributed by atoms with Crippen molar-refractivity contribution in [2.45, 2.75) is 39.7 Å². The van der Waals surface area contributed by atoms with Crippen LogP contribution in [-0.4, -0.2) is 42.8 Å². The number of benzene rings is 1. The number of hydrogen-bond donors (Lipinski definition) is 0. The zero-order valence-corrected chi connectivity index (χ0v) is 14.1. The van der Waals surface area contributed by atoms with E-state index in [4.69, 9.17) is 4.74 Å². The monoisotopic (exact) mass is 302 g/mol. The highest BCUT2D eigenvalue weighted by Crippen LogP contribution is 2.42. The van der Waals surface area contributed by atoms with Crippen LogP contribution in [0.2, 0.25) is 0 Å². The predicted octanol–water partition coefficient (Wildman–Crippen LogP) is 3.44. The molecule has 2 heterocycles. The van der Waals surface area contributed by atoms with Gasteiger partial charge in [0, 0.05) is 37.3 Å². The Labute approximate surface area is 133 Å². The molecule has 0 aliphatic carbocycles. The van der Waals surface area contributed by atoms with Crippen molar-refractivity contribution in [3.8, 4) is 0 Å². The van der Waals surface area contributed by atoms with Crippen LogP contribution in [0.1, 0.15) is 32.8 Å². The largest absolute Gasteiger partial charge is 0.444 e. The molecule has 120 valence electrons. The second-order valence-corrected chi connectivity index (χ2v) is 7.79. The van der Waals surface area contributed by atoms with E-state index in [0.717, 1.165) is 32.6 Å². The molecule has 2 aliphatic rings. The highest BCUT2D eigenvalue weighted by molar-refractivity contribution is 5.69. The van der Waals surface area contributed by atoms with E-state index in [-0.39, 0.29) is 11.5 Å². The Hall–Kier alpha value is -1.71. The van der Waals surface area contributed by atoms with Crippen LogP contribution in [0.3, 0.4) is 0 Å². The Morgan fingerprint density at radius 2 is 1.86 bits per heavy atom. The van der Waals surface area contributed by atoms with E-state index in [2.05, 4.69) is 36.1 Å². The molecule has 0 radical (unpaired) electrons. The summed E-state index contributed by atoms with van der Waals surface area (Å²) in [5, 5.41) is 0. The van der Waals surface area contributed by atoms with Gasteiger partial charge >= 0.3 is 6.09 Å². The average Bonchev–Trinajstić information content (AvgIpc) is 2.80. The van der Waals surface area contributed by atoms with Gasteiger partial charge in [0.05, 0.1) is 0 Å². The third kappa shape index (κ3) is 2.92. The summed E-state index contributed by atoms with van der Waals surface area (Å²) < 4.78 is 5.45. The first-order valence-electron chi connectivity index (χ1n) is 8.07. The maximum Gasteiger partial charge on any atom is 0.410 e. The number of amides is 1. The fraction of sp³-hybridized carbons (Fsp3) is 0.611. The Bertz CT molecular complexity index is 571. The third-order valence-corrected chi connectivity index (χ3v) is 4.60. The van der Waals surface area contributed by atoms with Gasteiger partial charge in [-0.05, 0) is 45.7 Å². The summed E-state index contributed by atoms with van der Waals surface area (Å²) >= 11 is 0. The SMILES string of the molecule is Cc1ccccc1N1CCC2(CN(C(=O)OC(C)(C)C)C2)C1. The van der Waals surface area contributed by atoms with Gasteiger partial charge in [-0.3, -0.25) is 0 Å². The molecule has 0 saturated carbocycles. The van der Waals surface area contributed by atoms with Crippen LogP contribution in [0, 0.1) is 12.3 Å². The first-order chi connectivity index (χ1) is 10.3. The lowest BCUT2D eigenvalue weighted by Crippen LogP contribution is -2.60. The van der Waals surface area contributed by atoms with Crippen molar-refractivity contribution in [2.75, 3.05) is 31.1 Å². The number of para-hydroxylation sites is 1. The van der Waals surface area contributed by atoms with Gasteiger partial charge in [-0.25, -0.2) is 4.79 Å². The van der Waals surface area contributed by atoms with Crippen molar-refractivity contribution in [1.29, 1.82) is 0 Å². The molecule has 0 atom stereocenters. The predicted molar refractivity (Wildman–Crippen MR) is 88.2 cm³/mol. The van der Waals surface area contributed by atoms with E-state index in [1.165, 1.54) is 11.3 Å². The molecule has 2 saturated heterocycles. The maximum absolute atomic E-state index is 12.1. The molecule has 2 aliphatic heterocycles. The lowest BCUT2D eigenvalue weighted by molar-refractivity contribution is -0.0266. The van der Waals surface area contributed by atoms with Crippen molar-refractivity contribution >= 4 is 11.8 Å². The van der Waals surface area contributed by atoms with E-state index < -0.39 is 5.60 Å². The van der Waals surface area contributed by atoms with Crippen molar-refractivity contribution in [3.63, 3.8) is 0 Å². The smallest absolute Gasteiger partial charge is 0.410 e. The number of carbonyl (C=O) groups is 1. The molecule has 2 fully saturated rings. The topological polar surface area (TPSA) is 32.8 Å². The van der Waals surface area contributed by atoms with Crippen molar-refractivity contribution < 1.29 is 9.53 Å². The molecule has 0 N–H and O–H groups in total. The highest BCUT2D eigenvalue weighted by Gasteiger charge is 2.50. The van der Waals surface area contributed by atoms with Crippen molar-refractivity contribution in [3.05, 3.63) is 29.8 Å². The first kappa shape index (κ1) is 15.2. The lowest BCUT2D eigenvalue weighted by Gasteiger charge is -2.47. The molecule has 1 amide bonds. The second kappa shape index (κ2) is 5.18. The summed E-state index contributed by atoms with van der Waals surface area (Å²) in [6, 6.07) is 8.53. The summed E-state index contributed by atoms with van der Waals surface area (Å²) in [7, 11) is 0. The number of rotatable bonds is 1. The van der Waals surface area contributed by atoms with Crippen LogP contribution in [0.25, 0.3) is 0 Å². The standard InChI is InChI=1S/C18H26N2O2/c1-14-7-5-6-8-15(14)19-10-9-18(11-19)12-20(13-18)16(21)22-17(2,3)4/h5-8H,9-13H2,1-4H3. The molecular weight excluding hydrogens is 276 g/mol. The van der Waals surface area contributed by atoms with Crippen LogP contribution in [-0.2, 0) is 4.74 Å². The molecule has 3 rings (SSSR count). The van der Waals surface area contributed by atoms with E-state index >= 15 is 0 Å². The number of ether oxygens (including phenoxy) is 1. The Morgan fingerprint density at radius 1 is 1.18 bits per heavy atom. The molecule has 1 aromatic rings. The fourth-order valence-corrected chi connectivity index (χ4v) is 3.54. The van der Waals surface area contributed by atoms with Gasteiger partial charge in [-0.2, -0.15) is 0 Å². The molecule has 4 heteroatoms. The zero-order chi connectivity index (χ0) is 16.0. The van der Waals surface area contributed by atoms with Gasteiger partial charge in [0.1, 0.15) is 5.60 Å². The molecule has 4 nitrogen and oxygen atoms in total. The maximum atomic E-state index is 12.1. The van der Waals surface area contributed by atoms with Gasteiger partial charge in [-0.15, -0.1) is 0 Å². The molecule has 22 heavy (non-hydrogen) atoms.